The molecule has 3 aliphatic heterocycles. The SMILES string of the molecule is C=CCCCCOC(=O)[C@@H]1[C@H]2C(=O)N([C@@H](CO)C(C)C)C(C(=O)N(CC=C)CCCC)C23CC[C@@]1(C)S3. The first-order valence-electron chi connectivity index (χ1n) is 13.9. The number of thioether (sulfide) groups is 1. The van der Waals surface area contributed by atoms with Crippen LogP contribution in [0.5, 0.6) is 0 Å². The Morgan fingerprint density at radius 3 is 2.57 bits per heavy atom. The molecule has 2 bridgehead atoms. The number of likely N-dealkylation sites (tertiary alicyclic amines) is 1. The predicted octanol–water partition coefficient (Wildman–Crippen LogP) is 4.20. The molecule has 0 aromatic carbocycles. The number of hydrogen-bond acceptors (Lipinski definition) is 6. The van der Waals surface area contributed by atoms with Crippen molar-refractivity contribution in [3.05, 3.63) is 25.3 Å². The number of rotatable bonds is 15. The summed E-state index contributed by atoms with van der Waals surface area (Å²) < 4.78 is 4.57. The fraction of sp³-hybridized carbons (Fsp3) is 0.759. The minimum Gasteiger partial charge on any atom is -0.465 e. The van der Waals surface area contributed by atoms with Crippen molar-refractivity contribution in [2.75, 3.05) is 26.3 Å². The minimum atomic E-state index is -0.724. The Morgan fingerprint density at radius 1 is 1.24 bits per heavy atom. The molecule has 3 fully saturated rings. The summed E-state index contributed by atoms with van der Waals surface area (Å²) in [7, 11) is 0. The molecule has 37 heavy (non-hydrogen) atoms. The fourth-order valence-electron chi connectivity index (χ4n) is 6.60. The number of nitrogens with zero attached hydrogens (tertiary/aromatic N) is 2. The van der Waals surface area contributed by atoms with E-state index in [4.69, 9.17) is 4.74 Å². The Morgan fingerprint density at radius 2 is 1.97 bits per heavy atom. The van der Waals surface area contributed by atoms with Crippen LogP contribution in [0.25, 0.3) is 0 Å². The van der Waals surface area contributed by atoms with E-state index in [-0.39, 0.29) is 30.3 Å². The van der Waals surface area contributed by atoms with Crippen LogP contribution in [0.3, 0.4) is 0 Å². The highest BCUT2D eigenvalue weighted by atomic mass is 32.2. The lowest BCUT2D eigenvalue weighted by Gasteiger charge is -2.40. The summed E-state index contributed by atoms with van der Waals surface area (Å²) in [4.78, 5) is 45.5. The number of ether oxygens (including phenoxy) is 1. The summed E-state index contributed by atoms with van der Waals surface area (Å²) in [5.41, 5.74) is 0. The highest BCUT2D eigenvalue weighted by Crippen LogP contribution is 2.71. The molecule has 2 amide bonds. The molecule has 0 aromatic heterocycles. The van der Waals surface area contributed by atoms with Gasteiger partial charge in [-0.05, 0) is 51.4 Å². The molecule has 0 aliphatic carbocycles. The number of allylic oxidation sites excluding steroid dienone is 1. The number of amides is 2. The Bertz CT molecular complexity index is 878. The van der Waals surface area contributed by atoms with Gasteiger partial charge in [0.1, 0.15) is 6.04 Å². The lowest BCUT2D eigenvalue weighted by molar-refractivity contribution is -0.156. The van der Waals surface area contributed by atoms with Gasteiger partial charge in [-0.1, -0.05) is 39.3 Å². The van der Waals surface area contributed by atoms with Crippen LogP contribution in [0.2, 0.25) is 0 Å². The van der Waals surface area contributed by atoms with Gasteiger partial charge in [-0.25, -0.2) is 0 Å². The lowest BCUT2D eigenvalue weighted by Crippen LogP contribution is -2.58. The van der Waals surface area contributed by atoms with Gasteiger partial charge < -0.3 is 19.6 Å². The Hall–Kier alpha value is -1.80. The zero-order chi connectivity index (χ0) is 27.4. The van der Waals surface area contributed by atoms with Crippen LogP contribution in [-0.4, -0.2) is 80.6 Å². The van der Waals surface area contributed by atoms with E-state index in [0.29, 0.717) is 26.1 Å². The maximum absolute atomic E-state index is 14.3. The topological polar surface area (TPSA) is 87.1 Å². The zero-order valence-electron chi connectivity index (χ0n) is 23.1. The Labute approximate surface area is 227 Å². The second-order valence-electron chi connectivity index (χ2n) is 11.3. The molecule has 0 radical (unpaired) electrons. The van der Waals surface area contributed by atoms with E-state index in [0.717, 1.165) is 38.5 Å². The van der Waals surface area contributed by atoms with Gasteiger partial charge in [0.05, 0.1) is 35.8 Å². The summed E-state index contributed by atoms with van der Waals surface area (Å²) in [5, 5.41) is 10.4. The highest BCUT2D eigenvalue weighted by molar-refractivity contribution is 8.02. The van der Waals surface area contributed by atoms with Crippen molar-refractivity contribution in [1.82, 2.24) is 9.80 Å². The second-order valence-corrected chi connectivity index (χ2v) is 13.2. The molecule has 6 atom stereocenters. The van der Waals surface area contributed by atoms with Crippen molar-refractivity contribution < 1.29 is 24.2 Å². The van der Waals surface area contributed by atoms with Crippen molar-refractivity contribution in [2.24, 2.45) is 17.8 Å². The third kappa shape index (κ3) is 5.38. The maximum Gasteiger partial charge on any atom is 0.311 e. The van der Waals surface area contributed by atoms with Crippen molar-refractivity contribution in [3.63, 3.8) is 0 Å². The van der Waals surface area contributed by atoms with Crippen LogP contribution >= 0.6 is 11.8 Å². The first-order chi connectivity index (χ1) is 17.6. The first kappa shape index (κ1) is 29.8. The molecule has 3 aliphatic rings. The molecule has 3 rings (SSSR count). The summed E-state index contributed by atoms with van der Waals surface area (Å²) in [6.07, 6.45) is 9.33. The van der Waals surface area contributed by atoms with Crippen LogP contribution in [0.1, 0.15) is 72.6 Å². The van der Waals surface area contributed by atoms with Crippen LogP contribution < -0.4 is 0 Å². The number of carbonyl (C=O) groups excluding carboxylic acids is 3. The van der Waals surface area contributed by atoms with E-state index in [1.807, 2.05) is 19.9 Å². The third-order valence-electron chi connectivity index (χ3n) is 8.51. The first-order valence-corrected chi connectivity index (χ1v) is 14.8. The third-order valence-corrected chi connectivity index (χ3v) is 10.5. The fourth-order valence-corrected chi connectivity index (χ4v) is 8.93. The van der Waals surface area contributed by atoms with E-state index in [9.17, 15) is 19.5 Å². The maximum atomic E-state index is 14.3. The van der Waals surface area contributed by atoms with Crippen LogP contribution in [0.4, 0.5) is 0 Å². The van der Waals surface area contributed by atoms with Crippen LogP contribution in [0.15, 0.2) is 25.3 Å². The predicted molar refractivity (Wildman–Crippen MR) is 148 cm³/mol. The standard InChI is InChI=1S/C29H46N2O5S/c1-7-10-12-13-18-36-27(35)23-22-25(33)31(21(19-32)20(4)5)24(29(22)15-14-28(23,6)37-29)26(34)30(16-9-3)17-11-8-2/h7,9,20-24,32H,1,3,8,10-19H2,2,4-6H3/t21-,22-,23-,24?,28+,29?/m0/s1. The molecule has 7 nitrogen and oxygen atoms in total. The van der Waals surface area contributed by atoms with Gasteiger partial charge in [0.25, 0.3) is 0 Å². The van der Waals surface area contributed by atoms with Gasteiger partial charge >= 0.3 is 5.97 Å². The molecule has 1 N–H and O–H groups in total. The number of fused-ring (bicyclic) bond motifs is 1. The smallest absolute Gasteiger partial charge is 0.311 e. The monoisotopic (exact) mass is 534 g/mol. The molecule has 0 saturated carbocycles. The number of unbranched alkanes of at least 4 members (excludes halogenated alkanes) is 3. The van der Waals surface area contributed by atoms with Gasteiger partial charge in [0, 0.05) is 17.8 Å². The lowest BCUT2D eigenvalue weighted by atomic mass is 9.66. The second kappa shape index (κ2) is 12.4. The van der Waals surface area contributed by atoms with Crippen molar-refractivity contribution in [2.45, 2.75) is 94.2 Å². The quantitative estimate of drug-likeness (QED) is 0.193. The van der Waals surface area contributed by atoms with Gasteiger partial charge in [-0.2, -0.15) is 0 Å². The molecule has 8 heteroatoms. The van der Waals surface area contributed by atoms with Gasteiger partial charge in [-0.15, -0.1) is 24.9 Å². The van der Waals surface area contributed by atoms with E-state index >= 15 is 0 Å². The molecular formula is C29H46N2O5S. The summed E-state index contributed by atoms with van der Waals surface area (Å²) >= 11 is 1.65. The molecule has 1 spiro atoms. The number of aliphatic hydroxyl groups excluding tert-OH is 1. The van der Waals surface area contributed by atoms with Crippen LogP contribution in [0, 0.1) is 17.8 Å². The minimum absolute atomic E-state index is 0.0454. The molecule has 0 aromatic rings. The van der Waals surface area contributed by atoms with E-state index in [1.165, 1.54) is 0 Å². The normalized spacial score (nSPS) is 30.9. The number of hydrogen-bond donors (Lipinski definition) is 1. The van der Waals surface area contributed by atoms with Gasteiger partial charge in [0.15, 0.2) is 0 Å². The number of aliphatic hydroxyl groups is 1. The Balaban J connectivity index is 2.00. The highest BCUT2D eigenvalue weighted by Gasteiger charge is 2.78. The van der Waals surface area contributed by atoms with Crippen molar-refractivity contribution in [3.8, 4) is 0 Å². The molecule has 208 valence electrons. The number of esters is 1. The number of carbonyl (C=O) groups is 3. The summed E-state index contributed by atoms with van der Waals surface area (Å²) in [6, 6.07) is -1.22. The molecule has 3 saturated heterocycles. The Kier molecular flexibility index (Phi) is 9.95. The van der Waals surface area contributed by atoms with Gasteiger partial charge in [0.2, 0.25) is 11.8 Å². The average Bonchev–Trinajstić information content (AvgIpc) is 3.42. The van der Waals surface area contributed by atoms with Crippen molar-refractivity contribution >= 4 is 29.5 Å². The van der Waals surface area contributed by atoms with Crippen molar-refractivity contribution in [1.29, 1.82) is 0 Å². The van der Waals surface area contributed by atoms with Crippen LogP contribution in [-0.2, 0) is 19.1 Å². The largest absolute Gasteiger partial charge is 0.465 e. The van der Waals surface area contributed by atoms with E-state index in [2.05, 4.69) is 27.0 Å². The summed E-state index contributed by atoms with van der Waals surface area (Å²) in [6.45, 7) is 16.7. The molecule has 3 heterocycles. The van der Waals surface area contributed by atoms with Gasteiger partial charge in [-0.3, -0.25) is 14.4 Å². The zero-order valence-corrected chi connectivity index (χ0v) is 23.9. The average molecular weight is 535 g/mol. The molecule has 2 unspecified atom stereocenters. The van der Waals surface area contributed by atoms with E-state index in [1.54, 1.807) is 27.6 Å². The summed E-state index contributed by atoms with van der Waals surface area (Å²) in [5.74, 6) is -1.90. The molecular weight excluding hydrogens is 488 g/mol. The van der Waals surface area contributed by atoms with E-state index < -0.39 is 33.4 Å².